The summed E-state index contributed by atoms with van der Waals surface area (Å²) in [5.74, 6) is -1.04. The summed E-state index contributed by atoms with van der Waals surface area (Å²) in [4.78, 5) is 10.9. The molecule has 0 unspecified atom stereocenters. The first-order chi connectivity index (χ1) is 6.74. The SMILES string of the molecule is N#Cc1c(C(=O)O)sc2ccccc12. The van der Waals surface area contributed by atoms with Gasteiger partial charge in [0.05, 0.1) is 5.56 Å². The molecule has 0 aliphatic carbocycles. The summed E-state index contributed by atoms with van der Waals surface area (Å²) >= 11 is 1.13. The summed E-state index contributed by atoms with van der Waals surface area (Å²) in [6.07, 6.45) is 0. The molecule has 2 aromatic rings. The molecule has 1 aromatic heterocycles. The Morgan fingerprint density at radius 2 is 2.14 bits per heavy atom. The molecule has 2 rings (SSSR count). The van der Waals surface area contributed by atoms with Crippen LogP contribution in [0.4, 0.5) is 0 Å². The van der Waals surface area contributed by atoms with E-state index in [0.29, 0.717) is 0 Å². The van der Waals surface area contributed by atoms with Gasteiger partial charge in [-0.05, 0) is 6.07 Å². The first-order valence-electron chi connectivity index (χ1n) is 3.89. The number of hydrogen-bond acceptors (Lipinski definition) is 3. The van der Waals surface area contributed by atoms with Gasteiger partial charge in [0, 0.05) is 10.1 Å². The van der Waals surface area contributed by atoms with Crippen molar-refractivity contribution < 1.29 is 9.90 Å². The zero-order valence-electron chi connectivity index (χ0n) is 7.02. The summed E-state index contributed by atoms with van der Waals surface area (Å²) in [5, 5.41) is 18.4. The van der Waals surface area contributed by atoms with Gasteiger partial charge >= 0.3 is 5.97 Å². The molecule has 0 fully saturated rings. The third-order valence-electron chi connectivity index (χ3n) is 1.90. The number of hydrogen-bond donors (Lipinski definition) is 1. The van der Waals surface area contributed by atoms with Gasteiger partial charge in [-0.15, -0.1) is 11.3 Å². The minimum absolute atomic E-state index is 0.119. The van der Waals surface area contributed by atoms with Crippen LogP contribution in [0.2, 0.25) is 0 Å². The van der Waals surface area contributed by atoms with Crippen LogP contribution in [0.25, 0.3) is 10.1 Å². The summed E-state index contributed by atoms with van der Waals surface area (Å²) in [5.41, 5.74) is 0.262. The van der Waals surface area contributed by atoms with E-state index in [9.17, 15) is 4.79 Å². The van der Waals surface area contributed by atoms with E-state index >= 15 is 0 Å². The molecule has 0 saturated heterocycles. The molecule has 0 amide bonds. The average Bonchev–Trinajstić information content (AvgIpc) is 2.56. The molecule has 68 valence electrons. The lowest BCUT2D eigenvalue weighted by atomic mass is 10.1. The molecule has 1 N–H and O–H groups in total. The van der Waals surface area contributed by atoms with E-state index in [1.807, 2.05) is 18.2 Å². The van der Waals surface area contributed by atoms with Crippen LogP contribution in [0, 0.1) is 11.3 Å². The fourth-order valence-corrected chi connectivity index (χ4v) is 2.30. The Morgan fingerprint density at radius 3 is 2.79 bits per heavy atom. The van der Waals surface area contributed by atoms with Crippen molar-refractivity contribution in [2.24, 2.45) is 0 Å². The zero-order valence-corrected chi connectivity index (χ0v) is 7.84. The van der Waals surface area contributed by atoms with Gasteiger partial charge in [-0.2, -0.15) is 5.26 Å². The van der Waals surface area contributed by atoms with Crippen LogP contribution in [-0.4, -0.2) is 11.1 Å². The van der Waals surface area contributed by atoms with Crippen molar-refractivity contribution in [2.75, 3.05) is 0 Å². The third-order valence-corrected chi connectivity index (χ3v) is 3.06. The van der Waals surface area contributed by atoms with Crippen LogP contribution >= 0.6 is 11.3 Å². The third kappa shape index (κ3) is 1.15. The number of fused-ring (bicyclic) bond motifs is 1. The molecule has 1 heterocycles. The fraction of sp³-hybridized carbons (Fsp3) is 0. The lowest BCUT2D eigenvalue weighted by Gasteiger charge is -1.87. The van der Waals surface area contributed by atoms with E-state index in [2.05, 4.69) is 0 Å². The molecule has 14 heavy (non-hydrogen) atoms. The Hall–Kier alpha value is -1.86. The smallest absolute Gasteiger partial charge is 0.347 e. The summed E-state index contributed by atoms with van der Waals surface area (Å²) in [7, 11) is 0. The maximum Gasteiger partial charge on any atom is 0.347 e. The van der Waals surface area contributed by atoms with Crippen molar-refractivity contribution in [3.8, 4) is 6.07 Å². The van der Waals surface area contributed by atoms with Crippen LogP contribution in [-0.2, 0) is 0 Å². The van der Waals surface area contributed by atoms with E-state index < -0.39 is 5.97 Å². The van der Waals surface area contributed by atoms with Crippen LogP contribution in [0.1, 0.15) is 15.2 Å². The van der Waals surface area contributed by atoms with E-state index in [4.69, 9.17) is 10.4 Å². The minimum Gasteiger partial charge on any atom is -0.477 e. The van der Waals surface area contributed by atoms with Crippen LogP contribution < -0.4 is 0 Å². The molecular weight excluding hydrogens is 198 g/mol. The molecule has 1 aromatic carbocycles. The fourth-order valence-electron chi connectivity index (χ4n) is 1.31. The molecule has 0 radical (unpaired) electrons. The van der Waals surface area contributed by atoms with E-state index in [1.54, 1.807) is 12.1 Å². The van der Waals surface area contributed by atoms with Gasteiger partial charge in [0.2, 0.25) is 0 Å². The Labute approximate surface area is 83.8 Å². The number of nitriles is 1. The lowest BCUT2D eigenvalue weighted by molar-refractivity contribution is 0.0702. The van der Waals surface area contributed by atoms with E-state index in [0.717, 1.165) is 21.4 Å². The van der Waals surface area contributed by atoms with Gasteiger partial charge in [0.25, 0.3) is 0 Å². The van der Waals surface area contributed by atoms with Crippen molar-refractivity contribution in [3.63, 3.8) is 0 Å². The highest BCUT2D eigenvalue weighted by atomic mass is 32.1. The van der Waals surface area contributed by atoms with Gasteiger partial charge < -0.3 is 5.11 Å². The molecular formula is C10H5NO2S. The summed E-state index contributed by atoms with van der Waals surface area (Å²) in [6.45, 7) is 0. The largest absolute Gasteiger partial charge is 0.477 e. The highest BCUT2D eigenvalue weighted by Gasteiger charge is 2.16. The van der Waals surface area contributed by atoms with Gasteiger partial charge in [-0.1, -0.05) is 18.2 Å². The molecule has 0 aliphatic heterocycles. The predicted octanol–water partition coefficient (Wildman–Crippen LogP) is 2.47. The zero-order chi connectivity index (χ0) is 10.1. The highest BCUT2D eigenvalue weighted by Crippen LogP contribution is 2.30. The Morgan fingerprint density at radius 1 is 1.43 bits per heavy atom. The molecule has 0 saturated carbocycles. The first kappa shape index (κ1) is 8.73. The van der Waals surface area contributed by atoms with E-state index in [1.165, 1.54) is 0 Å². The quantitative estimate of drug-likeness (QED) is 0.774. The number of carboxylic acids is 1. The number of rotatable bonds is 1. The van der Waals surface area contributed by atoms with Crippen molar-refractivity contribution in [3.05, 3.63) is 34.7 Å². The summed E-state index contributed by atoms with van der Waals surface area (Å²) in [6, 6.07) is 9.12. The molecule has 0 spiro atoms. The summed E-state index contributed by atoms with van der Waals surface area (Å²) < 4.78 is 0.835. The van der Waals surface area contributed by atoms with Crippen molar-refractivity contribution in [2.45, 2.75) is 0 Å². The number of thiophene rings is 1. The second-order valence-electron chi connectivity index (χ2n) is 2.72. The Balaban J connectivity index is 2.87. The predicted molar refractivity (Wildman–Crippen MR) is 53.5 cm³/mol. The topological polar surface area (TPSA) is 61.1 Å². The molecule has 4 heteroatoms. The average molecular weight is 203 g/mol. The normalized spacial score (nSPS) is 9.93. The van der Waals surface area contributed by atoms with Crippen molar-refractivity contribution in [1.82, 2.24) is 0 Å². The number of carboxylic acid groups (broad SMARTS) is 1. The van der Waals surface area contributed by atoms with Crippen LogP contribution in [0.15, 0.2) is 24.3 Å². The standard InChI is InChI=1S/C10H5NO2S/c11-5-7-6-3-1-2-4-8(6)14-9(7)10(12)13/h1-4H,(H,12,13). The van der Waals surface area contributed by atoms with Crippen LogP contribution in [0.5, 0.6) is 0 Å². The van der Waals surface area contributed by atoms with Crippen molar-refractivity contribution in [1.29, 1.82) is 5.26 Å². The molecule has 0 bridgehead atoms. The number of carbonyl (C=O) groups is 1. The minimum atomic E-state index is -1.04. The molecule has 3 nitrogen and oxygen atoms in total. The van der Waals surface area contributed by atoms with Gasteiger partial charge in [0.1, 0.15) is 10.9 Å². The maximum absolute atomic E-state index is 10.8. The monoisotopic (exact) mass is 203 g/mol. The number of aromatic carboxylic acids is 1. The molecule has 0 atom stereocenters. The van der Waals surface area contributed by atoms with E-state index in [-0.39, 0.29) is 10.4 Å². The second-order valence-corrected chi connectivity index (χ2v) is 3.77. The second kappa shape index (κ2) is 3.13. The van der Waals surface area contributed by atoms with Crippen LogP contribution in [0.3, 0.4) is 0 Å². The number of nitrogens with zero attached hydrogens (tertiary/aromatic N) is 1. The Bertz CT molecular complexity index is 551. The lowest BCUT2D eigenvalue weighted by Crippen LogP contribution is -1.94. The van der Waals surface area contributed by atoms with Gasteiger partial charge in [-0.25, -0.2) is 4.79 Å². The maximum atomic E-state index is 10.8. The van der Waals surface area contributed by atoms with Gasteiger partial charge in [0.15, 0.2) is 0 Å². The molecule has 0 aliphatic rings. The number of benzene rings is 1. The van der Waals surface area contributed by atoms with Crippen molar-refractivity contribution >= 4 is 27.4 Å². The first-order valence-corrected chi connectivity index (χ1v) is 4.70. The Kier molecular flexibility index (Phi) is 1.95. The highest BCUT2D eigenvalue weighted by molar-refractivity contribution is 7.21. The van der Waals surface area contributed by atoms with Gasteiger partial charge in [-0.3, -0.25) is 0 Å².